The smallest absolute Gasteiger partial charge is 0.244 e. The van der Waals surface area contributed by atoms with Gasteiger partial charge in [0.2, 0.25) is 11.9 Å². The molecule has 0 aromatic carbocycles. The first-order valence-electron chi connectivity index (χ1n) is 3.97. The van der Waals surface area contributed by atoms with Crippen molar-refractivity contribution in [2.45, 2.75) is 19.9 Å². The van der Waals surface area contributed by atoms with Crippen molar-refractivity contribution in [2.24, 2.45) is 0 Å². The van der Waals surface area contributed by atoms with Gasteiger partial charge in [-0.1, -0.05) is 5.10 Å². The van der Waals surface area contributed by atoms with E-state index in [4.69, 9.17) is 5.73 Å². The highest BCUT2D eigenvalue weighted by Gasteiger charge is 2.17. The van der Waals surface area contributed by atoms with Gasteiger partial charge in [0, 0.05) is 6.54 Å². The summed E-state index contributed by atoms with van der Waals surface area (Å²) < 4.78 is 1.27. The largest absolute Gasteiger partial charge is 0.367 e. The van der Waals surface area contributed by atoms with Crippen LogP contribution in [-0.4, -0.2) is 32.7 Å². The van der Waals surface area contributed by atoms with Crippen molar-refractivity contribution in [3.05, 3.63) is 0 Å². The summed E-state index contributed by atoms with van der Waals surface area (Å²) in [5, 5.41) is 13.1. The lowest BCUT2D eigenvalue weighted by Gasteiger charge is -2.10. The van der Waals surface area contributed by atoms with Gasteiger partial charge in [-0.05, 0) is 24.3 Å². The Bertz CT molecular complexity index is 295. The Hall–Kier alpha value is -1.66. The molecule has 1 unspecified atom stereocenters. The summed E-state index contributed by atoms with van der Waals surface area (Å²) in [5.41, 5.74) is 5.42. The molecule has 1 heterocycles. The van der Waals surface area contributed by atoms with E-state index in [9.17, 15) is 4.79 Å². The number of hydrogen-bond acceptors (Lipinski definition) is 5. The van der Waals surface area contributed by atoms with E-state index in [1.807, 2.05) is 6.92 Å². The van der Waals surface area contributed by atoms with Crippen LogP contribution in [0.1, 0.15) is 19.9 Å². The van der Waals surface area contributed by atoms with Crippen LogP contribution in [0, 0.1) is 0 Å². The van der Waals surface area contributed by atoms with Crippen molar-refractivity contribution in [2.75, 3.05) is 12.3 Å². The Balaban J connectivity index is 2.73. The highest BCUT2D eigenvalue weighted by Crippen LogP contribution is 2.05. The zero-order chi connectivity index (χ0) is 9.84. The summed E-state index contributed by atoms with van der Waals surface area (Å²) in [6.45, 7) is 4.09. The van der Waals surface area contributed by atoms with Gasteiger partial charge >= 0.3 is 0 Å². The molecule has 7 heteroatoms. The molecule has 72 valence electrons. The number of nitrogen functional groups attached to an aromatic ring is 1. The molecule has 0 aliphatic rings. The monoisotopic (exact) mass is 184 g/mol. The number of hydrogen-bond donors (Lipinski definition) is 2. The Kier molecular flexibility index (Phi) is 2.78. The minimum Gasteiger partial charge on any atom is -0.367 e. The van der Waals surface area contributed by atoms with E-state index in [0.29, 0.717) is 6.54 Å². The van der Waals surface area contributed by atoms with Crippen molar-refractivity contribution >= 4 is 11.9 Å². The number of tetrazole rings is 1. The van der Waals surface area contributed by atoms with Gasteiger partial charge < -0.3 is 11.1 Å². The Morgan fingerprint density at radius 3 is 2.92 bits per heavy atom. The third-order valence-corrected chi connectivity index (χ3v) is 1.62. The first kappa shape index (κ1) is 9.43. The van der Waals surface area contributed by atoms with E-state index in [1.165, 1.54) is 4.68 Å². The summed E-state index contributed by atoms with van der Waals surface area (Å²) in [4.78, 5) is 11.3. The molecular weight excluding hydrogens is 172 g/mol. The van der Waals surface area contributed by atoms with Crippen LogP contribution in [0.3, 0.4) is 0 Å². The van der Waals surface area contributed by atoms with Crippen molar-refractivity contribution in [3.8, 4) is 0 Å². The van der Waals surface area contributed by atoms with Gasteiger partial charge in [0.05, 0.1) is 0 Å². The van der Waals surface area contributed by atoms with Crippen LogP contribution >= 0.6 is 0 Å². The van der Waals surface area contributed by atoms with Crippen molar-refractivity contribution < 1.29 is 4.79 Å². The number of nitrogens with zero attached hydrogens (tertiary/aromatic N) is 4. The van der Waals surface area contributed by atoms with Gasteiger partial charge in [0.1, 0.15) is 6.04 Å². The van der Waals surface area contributed by atoms with Gasteiger partial charge in [-0.3, -0.25) is 4.79 Å². The number of carbonyl (C=O) groups is 1. The highest BCUT2D eigenvalue weighted by molar-refractivity contribution is 5.79. The lowest BCUT2D eigenvalue weighted by Crippen LogP contribution is -2.31. The molecule has 1 rings (SSSR count). The van der Waals surface area contributed by atoms with Crippen LogP contribution in [0.25, 0.3) is 0 Å². The minimum atomic E-state index is -0.477. The number of amides is 1. The number of carbonyl (C=O) groups excluding carboxylic acids is 1. The van der Waals surface area contributed by atoms with Crippen molar-refractivity contribution in [3.63, 3.8) is 0 Å². The molecule has 1 aromatic rings. The zero-order valence-electron chi connectivity index (χ0n) is 7.56. The zero-order valence-corrected chi connectivity index (χ0v) is 7.56. The second kappa shape index (κ2) is 3.83. The van der Waals surface area contributed by atoms with E-state index in [1.54, 1.807) is 6.92 Å². The molecular formula is C6H12N6O. The standard InChI is InChI=1S/C6H12N6O/c1-3-8-5(13)4(2)12-6(7)9-10-11-12/h4H,3H2,1-2H3,(H,8,13)(H2,7,9,11). The molecule has 0 radical (unpaired) electrons. The summed E-state index contributed by atoms with van der Waals surface area (Å²) in [6, 6.07) is -0.477. The van der Waals surface area contributed by atoms with Gasteiger partial charge in [0.25, 0.3) is 0 Å². The Labute approximate surface area is 75.3 Å². The lowest BCUT2D eigenvalue weighted by atomic mass is 10.3. The third-order valence-electron chi connectivity index (χ3n) is 1.62. The maximum absolute atomic E-state index is 11.3. The van der Waals surface area contributed by atoms with Crippen LogP contribution in [0.4, 0.5) is 5.95 Å². The summed E-state index contributed by atoms with van der Waals surface area (Å²) in [7, 11) is 0. The fraction of sp³-hybridized carbons (Fsp3) is 0.667. The fourth-order valence-corrected chi connectivity index (χ4v) is 0.909. The molecule has 0 saturated heterocycles. The maximum atomic E-state index is 11.3. The second-order valence-electron chi connectivity index (χ2n) is 2.55. The van der Waals surface area contributed by atoms with Crippen LogP contribution in [0.2, 0.25) is 0 Å². The molecule has 0 aliphatic heterocycles. The molecule has 0 saturated carbocycles. The van der Waals surface area contributed by atoms with Crippen LogP contribution in [0.5, 0.6) is 0 Å². The molecule has 0 fully saturated rings. The minimum absolute atomic E-state index is 0.138. The number of aromatic nitrogens is 4. The molecule has 1 atom stereocenters. The van der Waals surface area contributed by atoms with Gasteiger partial charge in [-0.2, -0.15) is 4.68 Å². The molecule has 1 aromatic heterocycles. The second-order valence-corrected chi connectivity index (χ2v) is 2.55. The quantitative estimate of drug-likeness (QED) is 0.624. The van der Waals surface area contributed by atoms with Gasteiger partial charge in [-0.25, -0.2) is 0 Å². The number of nitrogens with one attached hydrogen (secondary N) is 1. The van der Waals surface area contributed by atoms with Crippen LogP contribution < -0.4 is 11.1 Å². The van der Waals surface area contributed by atoms with Crippen molar-refractivity contribution in [1.29, 1.82) is 0 Å². The molecule has 0 spiro atoms. The van der Waals surface area contributed by atoms with Crippen molar-refractivity contribution in [1.82, 2.24) is 25.5 Å². The van der Waals surface area contributed by atoms with E-state index in [0.717, 1.165) is 0 Å². The number of nitrogens with two attached hydrogens (primary N) is 1. The summed E-state index contributed by atoms with van der Waals surface area (Å²) >= 11 is 0. The fourth-order valence-electron chi connectivity index (χ4n) is 0.909. The predicted molar refractivity (Wildman–Crippen MR) is 45.6 cm³/mol. The van der Waals surface area contributed by atoms with E-state index >= 15 is 0 Å². The average Bonchev–Trinajstić information content (AvgIpc) is 2.50. The summed E-state index contributed by atoms with van der Waals surface area (Å²) in [6.07, 6.45) is 0. The highest BCUT2D eigenvalue weighted by atomic mass is 16.2. The lowest BCUT2D eigenvalue weighted by molar-refractivity contribution is -0.124. The summed E-state index contributed by atoms with van der Waals surface area (Å²) in [5.74, 6) is -0.0137. The average molecular weight is 184 g/mol. The van der Waals surface area contributed by atoms with Crippen LogP contribution in [-0.2, 0) is 4.79 Å². The molecule has 3 N–H and O–H groups in total. The normalized spacial score (nSPS) is 12.5. The molecule has 0 aliphatic carbocycles. The maximum Gasteiger partial charge on any atom is 0.244 e. The van der Waals surface area contributed by atoms with E-state index < -0.39 is 6.04 Å². The first-order chi connectivity index (χ1) is 6.16. The molecule has 7 nitrogen and oxygen atoms in total. The third kappa shape index (κ3) is 1.92. The Morgan fingerprint density at radius 1 is 1.77 bits per heavy atom. The molecule has 1 amide bonds. The first-order valence-corrected chi connectivity index (χ1v) is 3.97. The Morgan fingerprint density at radius 2 is 2.46 bits per heavy atom. The molecule has 13 heavy (non-hydrogen) atoms. The van der Waals surface area contributed by atoms with Crippen LogP contribution in [0.15, 0.2) is 0 Å². The SMILES string of the molecule is CCNC(=O)C(C)n1nnnc1N. The topological polar surface area (TPSA) is 98.7 Å². The number of anilines is 1. The number of rotatable bonds is 3. The van der Waals surface area contributed by atoms with Gasteiger partial charge in [-0.15, -0.1) is 0 Å². The van der Waals surface area contributed by atoms with Gasteiger partial charge in [0.15, 0.2) is 0 Å². The predicted octanol–water partition coefficient (Wildman–Crippen LogP) is -1.05. The van der Waals surface area contributed by atoms with E-state index in [2.05, 4.69) is 20.8 Å². The van der Waals surface area contributed by atoms with E-state index in [-0.39, 0.29) is 11.9 Å². The molecule has 0 bridgehead atoms. The number of likely N-dealkylation sites (N-methyl/N-ethyl adjacent to an activating group) is 1.